The smallest absolute Gasteiger partial charge is 0.257 e. The molecule has 6 heteroatoms. The van der Waals surface area contributed by atoms with E-state index in [1.807, 2.05) is 28.5 Å². The van der Waals surface area contributed by atoms with Crippen LogP contribution in [0.15, 0.2) is 35.7 Å². The lowest BCUT2D eigenvalue weighted by Gasteiger charge is -2.20. The number of hydrogen-bond donors (Lipinski definition) is 1. The number of amides is 2. The Hall–Kier alpha value is -2.21. The van der Waals surface area contributed by atoms with Gasteiger partial charge in [-0.1, -0.05) is 32.0 Å². The third-order valence-corrected chi connectivity index (χ3v) is 4.29. The zero-order chi connectivity index (χ0) is 17.4. The third-order valence-electron chi connectivity index (χ3n) is 3.48. The van der Waals surface area contributed by atoms with Gasteiger partial charge in [-0.05, 0) is 25.0 Å². The first kappa shape index (κ1) is 18.1. The van der Waals surface area contributed by atoms with Gasteiger partial charge in [-0.25, -0.2) is 4.98 Å². The predicted octanol–water partition coefficient (Wildman–Crippen LogP) is 3.59. The van der Waals surface area contributed by atoms with Gasteiger partial charge in [0.1, 0.15) is 0 Å². The molecule has 24 heavy (non-hydrogen) atoms. The van der Waals surface area contributed by atoms with E-state index in [9.17, 15) is 9.59 Å². The Morgan fingerprint density at radius 3 is 2.42 bits per heavy atom. The molecule has 0 bridgehead atoms. The number of thiazole rings is 1. The summed E-state index contributed by atoms with van der Waals surface area (Å²) in [4.78, 5) is 30.7. The van der Waals surface area contributed by atoms with Crippen molar-refractivity contribution in [2.45, 2.75) is 33.1 Å². The molecule has 0 aliphatic carbocycles. The second-order valence-electron chi connectivity index (χ2n) is 5.52. The molecule has 2 aromatic rings. The molecule has 0 aliphatic rings. The largest absolute Gasteiger partial charge is 0.342 e. The molecule has 128 valence electrons. The molecule has 0 saturated heterocycles. The Balaban J connectivity index is 1.95. The molecule has 5 nitrogen and oxygen atoms in total. The Morgan fingerprint density at radius 2 is 1.79 bits per heavy atom. The number of benzene rings is 1. The van der Waals surface area contributed by atoms with Crippen molar-refractivity contribution in [3.63, 3.8) is 0 Å². The SMILES string of the molecule is CCCN(CCC)C(=O)Cc1csc(NC(=O)c2ccccc2)n1. The van der Waals surface area contributed by atoms with E-state index in [0.29, 0.717) is 16.4 Å². The summed E-state index contributed by atoms with van der Waals surface area (Å²) < 4.78 is 0. The van der Waals surface area contributed by atoms with Gasteiger partial charge < -0.3 is 4.90 Å². The van der Waals surface area contributed by atoms with Crippen molar-refractivity contribution in [1.29, 1.82) is 0 Å². The van der Waals surface area contributed by atoms with Crippen LogP contribution in [-0.4, -0.2) is 34.8 Å². The van der Waals surface area contributed by atoms with Gasteiger partial charge in [0, 0.05) is 24.0 Å². The number of nitrogens with one attached hydrogen (secondary N) is 1. The molecule has 1 aromatic heterocycles. The van der Waals surface area contributed by atoms with Crippen molar-refractivity contribution >= 4 is 28.3 Å². The number of aromatic nitrogens is 1. The first-order valence-corrected chi connectivity index (χ1v) is 9.10. The third kappa shape index (κ3) is 5.16. The number of carbonyl (C=O) groups is 2. The molecule has 1 N–H and O–H groups in total. The summed E-state index contributed by atoms with van der Waals surface area (Å²) in [6, 6.07) is 9.00. The Morgan fingerprint density at radius 1 is 1.12 bits per heavy atom. The van der Waals surface area contributed by atoms with Gasteiger partial charge in [-0.15, -0.1) is 11.3 Å². The van der Waals surface area contributed by atoms with Crippen molar-refractivity contribution in [3.05, 3.63) is 47.0 Å². The van der Waals surface area contributed by atoms with Crippen LogP contribution in [0.2, 0.25) is 0 Å². The zero-order valence-electron chi connectivity index (χ0n) is 14.1. The molecule has 1 heterocycles. The van der Waals surface area contributed by atoms with Gasteiger partial charge in [0.25, 0.3) is 5.91 Å². The van der Waals surface area contributed by atoms with E-state index in [1.165, 1.54) is 11.3 Å². The summed E-state index contributed by atoms with van der Waals surface area (Å²) in [6.45, 7) is 5.68. The Bertz CT molecular complexity index is 664. The monoisotopic (exact) mass is 345 g/mol. The van der Waals surface area contributed by atoms with Crippen LogP contribution in [0.3, 0.4) is 0 Å². The highest BCUT2D eigenvalue weighted by atomic mass is 32.1. The van der Waals surface area contributed by atoms with E-state index < -0.39 is 0 Å². The summed E-state index contributed by atoms with van der Waals surface area (Å²) in [5, 5.41) is 5.12. The quantitative estimate of drug-likeness (QED) is 0.795. The minimum atomic E-state index is -0.193. The fourth-order valence-electron chi connectivity index (χ4n) is 2.37. The van der Waals surface area contributed by atoms with Gasteiger partial charge in [-0.2, -0.15) is 0 Å². The average Bonchev–Trinajstić information content (AvgIpc) is 3.02. The second kappa shape index (κ2) is 9.17. The summed E-state index contributed by atoms with van der Waals surface area (Å²) >= 11 is 1.34. The van der Waals surface area contributed by atoms with E-state index in [0.717, 1.165) is 25.9 Å². The molecular weight excluding hydrogens is 322 g/mol. The standard InChI is InChI=1S/C18H23N3O2S/c1-3-10-21(11-4-2)16(22)12-15-13-24-18(19-15)20-17(23)14-8-6-5-7-9-14/h5-9,13H,3-4,10-12H2,1-2H3,(H,19,20,23). The number of anilines is 1. The Kier molecular flexibility index (Phi) is 6.93. The fourth-order valence-corrected chi connectivity index (χ4v) is 3.08. The molecule has 0 spiro atoms. The maximum Gasteiger partial charge on any atom is 0.257 e. The van der Waals surface area contributed by atoms with Crippen LogP contribution >= 0.6 is 11.3 Å². The molecule has 2 rings (SSSR count). The Labute approximate surface area is 146 Å². The molecule has 1 aromatic carbocycles. The molecule has 0 unspecified atom stereocenters. The van der Waals surface area contributed by atoms with Crippen molar-refractivity contribution in [1.82, 2.24) is 9.88 Å². The first-order valence-electron chi connectivity index (χ1n) is 8.22. The molecule has 2 amide bonds. The van der Waals surface area contributed by atoms with E-state index in [4.69, 9.17) is 0 Å². The van der Waals surface area contributed by atoms with Gasteiger partial charge in [0.05, 0.1) is 12.1 Å². The summed E-state index contributed by atoms with van der Waals surface area (Å²) in [6.07, 6.45) is 2.17. The van der Waals surface area contributed by atoms with E-state index >= 15 is 0 Å². The van der Waals surface area contributed by atoms with E-state index in [-0.39, 0.29) is 18.2 Å². The van der Waals surface area contributed by atoms with Crippen LogP contribution < -0.4 is 5.32 Å². The molecule has 0 saturated carbocycles. The van der Waals surface area contributed by atoms with Gasteiger partial charge in [-0.3, -0.25) is 14.9 Å². The highest BCUT2D eigenvalue weighted by Gasteiger charge is 2.15. The summed E-state index contributed by atoms with van der Waals surface area (Å²) in [7, 11) is 0. The maximum atomic E-state index is 12.3. The fraction of sp³-hybridized carbons (Fsp3) is 0.389. The van der Waals surface area contributed by atoms with Crippen molar-refractivity contribution < 1.29 is 9.59 Å². The number of hydrogen-bond acceptors (Lipinski definition) is 4. The molecule has 0 fully saturated rings. The highest BCUT2D eigenvalue weighted by Crippen LogP contribution is 2.17. The topological polar surface area (TPSA) is 62.3 Å². The van der Waals surface area contributed by atoms with Crippen LogP contribution in [-0.2, 0) is 11.2 Å². The lowest BCUT2D eigenvalue weighted by atomic mass is 10.2. The van der Waals surface area contributed by atoms with Crippen LogP contribution in [0.25, 0.3) is 0 Å². The highest BCUT2D eigenvalue weighted by molar-refractivity contribution is 7.14. The van der Waals surface area contributed by atoms with Crippen molar-refractivity contribution in [2.24, 2.45) is 0 Å². The first-order chi connectivity index (χ1) is 11.6. The maximum absolute atomic E-state index is 12.3. The van der Waals surface area contributed by atoms with E-state index in [1.54, 1.807) is 12.1 Å². The van der Waals surface area contributed by atoms with Crippen LogP contribution in [0, 0.1) is 0 Å². The summed E-state index contributed by atoms with van der Waals surface area (Å²) in [5.74, 6) is -0.105. The molecular formula is C18H23N3O2S. The second-order valence-corrected chi connectivity index (χ2v) is 6.38. The zero-order valence-corrected chi connectivity index (χ0v) is 14.9. The van der Waals surface area contributed by atoms with Gasteiger partial charge >= 0.3 is 0 Å². The predicted molar refractivity (Wildman–Crippen MR) is 97.4 cm³/mol. The van der Waals surface area contributed by atoms with Crippen molar-refractivity contribution in [2.75, 3.05) is 18.4 Å². The number of rotatable bonds is 8. The van der Waals surface area contributed by atoms with Gasteiger partial charge in [0.15, 0.2) is 5.13 Å². The van der Waals surface area contributed by atoms with Crippen LogP contribution in [0.5, 0.6) is 0 Å². The lowest BCUT2D eigenvalue weighted by Crippen LogP contribution is -2.33. The van der Waals surface area contributed by atoms with Crippen molar-refractivity contribution in [3.8, 4) is 0 Å². The molecule has 0 aliphatic heterocycles. The van der Waals surface area contributed by atoms with Gasteiger partial charge in [0.2, 0.25) is 5.91 Å². The molecule has 0 radical (unpaired) electrons. The number of carbonyl (C=O) groups excluding carboxylic acids is 2. The van der Waals surface area contributed by atoms with Crippen LogP contribution in [0.4, 0.5) is 5.13 Å². The minimum Gasteiger partial charge on any atom is -0.342 e. The van der Waals surface area contributed by atoms with E-state index in [2.05, 4.69) is 24.1 Å². The summed E-state index contributed by atoms with van der Waals surface area (Å²) in [5.41, 5.74) is 1.29. The molecule has 0 atom stereocenters. The number of nitrogens with zero attached hydrogens (tertiary/aromatic N) is 2. The van der Waals surface area contributed by atoms with Crippen LogP contribution in [0.1, 0.15) is 42.7 Å². The lowest BCUT2D eigenvalue weighted by molar-refractivity contribution is -0.130. The normalized spacial score (nSPS) is 10.4. The minimum absolute atomic E-state index is 0.0879. The average molecular weight is 345 g/mol.